The van der Waals surface area contributed by atoms with Gasteiger partial charge in [0, 0.05) is 17.2 Å². The Morgan fingerprint density at radius 1 is 1.11 bits per heavy atom. The van der Waals surface area contributed by atoms with Gasteiger partial charge in [0.25, 0.3) is 5.91 Å². The molecule has 0 saturated carbocycles. The van der Waals surface area contributed by atoms with E-state index in [4.69, 9.17) is 19.2 Å². The van der Waals surface area contributed by atoms with Gasteiger partial charge < -0.3 is 19.5 Å². The van der Waals surface area contributed by atoms with Crippen molar-refractivity contribution in [3.63, 3.8) is 0 Å². The Morgan fingerprint density at radius 2 is 1.84 bits per heavy atom. The van der Waals surface area contributed by atoms with Crippen LogP contribution in [-0.2, 0) is 12.8 Å². The summed E-state index contributed by atoms with van der Waals surface area (Å²) < 4.78 is 16.3. The molecule has 0 bridgehead atoms. The number of ether oxygens (including phenoxy) is 3. The van der Waals surface area contributed by atoms with Crippen LogP contribution >= 0.6 is 11.3 Å². The second-order valence-electron chi connectivity index (χ2n) is 10.3. The first-order valence-corrected chi connectivity index (χ1v) is 13.5. The summed E-state index contributed by atoms with van der Waals surface area (Å²) in [7, 11) is 3.18. The van der Waals surface area contributed by atoms with E-state index in [1.165, 1.54) is 4.88 Å². The average Bonchev–Trinajstić information content (AvgIpc) is 3.26. The SMILES string of the molecule is CCOc1ccc(C=Nc2sc3c(c2C(=O)Nc2ccc(OC)cc2OC)CC[C@@H](C(C)(C)C)C3)cc1. The number of fused-ring (bicyclic) bond motifs is 1. The average molecular weight is 521 g/mol. The highest BCUT2D eigenvalue weighted by atomic mass is 32.1. The van der Waals surface area contributed by atoms with Crippen molar-refractivity contribution in [1.29, 1.82) is 0 Å². The van der Waals surface area contributed by atoms with Gasteiger partial charge >= 0.3 is 0 Å². The van der Waals surface area contributed by atoms with Crippen molar-refractivity contribution in [2.24, 2.45) is 16.3 Å². The van der Waals surface area contributed by atoms with E-state index in [1.807, 2.05) is 37.4 Å². The first-order valence-electron chi connectivity index (χ1n) is 12.7. The fourth-order valence-electron chi connectivity index (χ4n) is 4.67. The number of carbonyl (C=O) groups is 1. The molecular formula is C30H36N2O4S. The number of hydrogen-bond donors (Lipinski definition) is 1. The zero-order valence-electron chi connectivity index (χ0n) is 22.5. The molecular weight excluding hydrogens is 484 g/mol. The number of aliphatic imine (C=N–C) groups is 1. The summed E-state index contributed by atoms with van der Waals surface area (Å²) in [6.07, 6.45) is 4.71. The van der Waals surface area contributed by atoms with Gasteiger partial charge in [-0.25, -0.2) is 4.99 Å². The van der Waals surface area contributed by atoms with Crippen LogP contribution in [0.1, 0.15) is 60.5 Å². The molecule has 3 aromatic rings. The van der Waals surface area contributed by atoms with Crippen molar-refractivity contribution in [2.45, 2.75) is 47.0 Å². The van der Waals surface area contributed by atoms with E-state index in [0.717, 1.165) is 41.1 Å². The monoisotopic (exact) mass is 520 g/mol. The molecule has 37 heavy (non-hydrogen) atoms. The molecule has 1 aromatic heterocycles. The summed E-state index contributed by atoms with van der Waals surface area (Å²) in [5.41, 5.74) is 3.54. The summed E-state index contributed by atoms with van der Waals surface area (Å²) in [5.74, 6) is 2.43. The van der Waals surface area contributed by atoms with Crippen LogP contribution in [0, 0.1) is 11.3 Å². The third kappa shape index (κ3) is 6.16. The van der Waals surface area contributed by atoms with Crippen LogP contribution in [0.2, 0.25) is 0 Å². The number of nitrogens with zero attached hydrogens (tertiary/aromatic N) is 1. The normalized spacial score (nSPS) is 15.4. The summed E-state index contributed by atoms with van der Waals surface area (Å²) in [5, 5.41) is 3.80. The van der Waals surface area contributed by atoms with Gasteiger partial charge in [-0.3, -0.25) is 4.79 Å². The maximum absolute atomic E-state index is 13.7. The lowest BCUT2D eigenvalue weighted by molar-refractivity contribution is 0.102. The summed E-state index contributed by atoms with van der Waals surface area (Å²) >= 11 is 1.63. The third-order valence-corrected chi connectivity index (χ3v) is 8.04. The van der Waals surface area contributed by atoms with Crippen molar-refractivity contribution in [3.05, 3.63) is 64.0 Å². The van der Waals surface area contributed by atoms with Crippen LogP contribution < -0.4 is 19.5 Å². The van der Waals surface area contributed by atoms with Crippen molar-refractivity contribution in [3.8, 4) is 17.2 Å². The molecule has 1 atom stereocenters. The Labute approximate surface area is 223 Å². The van der Waals surface area contributed by atoms with E-state index in [0.29, 0.717) is 35.3 Å². The Hall–Kier alpha value is -3.32. The summed E-state index contributed by atoms with van der Waals surface area (Å²) in [4.78, 5) is 19.8. The fourth-order valence-corrected chi connectivity index (χ4v) is 5.94. The number of benzene rings is 2. The topological polar surface area (TPSA) is 69.2 Å². The summed E-state index contributed by atoms with van der Waals surface area (Å²) in [6.45, 7) is 9.48. The van der Waals surface area contributed by atoms with E-state index in [9.17, 15) is 4.79 Å². The molecule has 1 aliphatic rings. The quantitative estimate of drug-likeness (QED) is 0.316. The number of hydrogen-bond acceptors (Lipinski definition) is 6. The minimum atomic E-state index is -0.172. The van der Waals surface area contributed by atoms with Crippen LogP contribution in [0.5, 0.6) is 17.2 Å². The van der Waals surface area contributed by atoms with Gasteiger partial charge in [-0.1, -0.05) is 20.8 Å². The Balaban J connectivity index is 1.68. The molecule has 0 spiro atoms. The maximum Gasteiger partial charge on any atom is 0.259 e. The molecule has 6 nitrogen and oxygen atoms in total. The Morgan fingerprint density at radius 3 is 2.49 bits per heavy atom. The number of thiophene rings is 1. The lowest BCUT2D eigenvalue weighted by atomic mass is 9.72. The molecule has 0 saturated heterocycles. The van der Waals surface area contributed by atoms with Crippen molar-refractivity contribution >= 4 is 34.1 Å². The molecule has 0 unspecified atom stereocenters. The second-order valence-corrected chi connectivity index (χ2v) is 11.4. The molecule has 7 heteroatoms. The predicted molar refractivity (Wildman–Crippen MR) is 152 cm³/mol. The molecule has 0 fully saturated rings. The van der Waals surface area contributed by atoms with Gasteiger partial charge in [-0.05, 0) is 85.0 Å². The number of anilines is 1. The first kappa shape index (κ1) is 26.7. The lowest BCUT2D eigenvalue weighted by Crippen LogP contribution is -2.27. The molecule has 196 valence electrons. The highest BCUT2D eigenvalue weighted by Gasteiger charge is 2.33. The zero-order chi connectivity index (χ0) is 26.6. The van der Waals surface area contributed by atoms with E-state index >= 15 is 0 Å². The van der Waals surface area contributed by atoms with E-state index in [1.54, 1.807) is 43.8 Å². The minimum Gasteiger partial charge on any atom is -0.497 e. The number of carbonyl (C=O) groups excluding carboxylic acids is 1. The van der Waals surface area contributed by atoms with E-state index in [2.05, 4.69) is 26.1 Å². The van der Waals surface area contributed by atoms with Crippen molar-refractivity contribution < 1.29 is 19.0 Å². The van der Waals surface area contributed by atoms with E-state index in [-0.39, 0.29) is 11.3 Å². The van der Waals surface area contributed by atoms with Gasteiger partial charge in [0.1, 0.15) is 22.2 Å². The van der Waals surface area contributed by atoms with Gasteiger partial charge in [0.2, 0.25) is 0 Å². The number of nitrogens with one attached hydrogen (secondary N) is 1. The number of rotatable bonds is 8. The Kier molecular flexibility index (Phi) is 8.22. The largest absolute Gasteiger partial charge is 0.497 e. The van der Waals surface area contributed by atoms with Crippen LogP contribution in [0.25, 0.3) is 0 Å². The Bertz CT molecular complexity index is 1270. The minimum absolute atomic E-state index is 0.172. The van der Waals surface area contributed by atoms with Gasteiger partial charge in [0.05, 0.1) is 32.1 Å². The molecule has 1 aliphatic carbocycles. The summed E-state index contributed by atoms with van der Waals surface area (Å²) in [6, 6.07) is 13.2. The van der Waals surface area contributed by atoms with Crippen molar-refractivity contribution in [2.75, 3.05) is 26.1 Å². The van der Waals surface area contributed by atoms with E-state index < -0.39 is 0 Å². The number of methoxy groups -OCH3 is 2. The standard InChI is InChI=1S/C30H36N2O4S/c1-7-36-21-11-8-19(9-12-21)18-31-29-27(23-14-10-20(30(2,3)4)16-26(23)37-29)28(33)32-24-15-13-22(34-5)17-25(24)35-6/h8-9,11-13,15,17-18,20H,7,10,14,16H2,1-6H3,(H,32,33)/t20-/m1/s1. The van der Waals surface area contributed by atoms with Crippen LogP contribution in [-0.4, -0.2) is 32.9 Å². The molecule has 0 radical (unpaired) electrons. The fraction of sp³-hybridized carbons (Fsp3) is 0.400. The maximum atomic E-state index is 13.7. The van der Waals surface area contributed by atoms with Crippen LogP contribution in [0.3, 0.4) is 0 Å². The highest BCUT2D eigenvalue weighted by Crippen LogP contribution is 2.45. The third-order valence-electron chi connectivity index (χ3n) is 6.88. The molecule has 0 aliphatic heterocycles. The smallest absolute Gasteiger partial charge is 0.259 e. The second kappa shape index (κ2) is 11.4. The zero-order valence-corrected chi connectivity index (χ0v) is 23.3. The number of amides is 1. The first-order chi connectivity index (χ1) is 17.7. The van der Waals surface area contributed by atoms with Gasteiger partial charge in [0.15, 0.2) is 0 Å². The highest BCUT2D eigenvalue weighted by molar-refractivity contribution is 7.16. The van der Waals surface area contributed by atoms with Crippen LogP contribution in [0.15, 0.2) is 47.5 Å². The van der Waals surface area contributed by atoms with Gasteiger partial charge in [-0.2, -0.15) is 0 Å². The predicted octanol–water partition coefficient (Wildman–Crippen LogP) is 7.32. The molecule has 1 heterocycles. The molecule has 2 aromatic carbocycles. The van der Waals surface area contributed by atoms with Crippen LogP contribution in [0.4, 0.5) is 10.7 Å². The van der Waals surface area contributed by atoms with Crippen molar-refractivity contribution in [1.82, 2.24) is 0 Å². The van der Waals surface area contributed by atoms with Gasteiger partial charge in [-0.15, -0.1) is 11.3 Å². The molecule has 1 N–H and O–H groups in total. The lowest BCUT2D eigenvalue weighted by Gasteiger charge is -2.33. The molecule has 4 rings (SSSR count). The molecule has 1 amide bonds.